The zero-order valence-electron chi connectivity index (χ0n) is 10.6. The first-order valence-electron chi connectivity index (χ1n) is 5.95. The number of hydrogen-bond acceptors (Lipinski definition) is 2. The van der Waals surface area contributed by atoms with Gasteiger partial charge in [0.25, 0.3) is 5.91 Å². The van der Waals surface area contributed by atoms with E-state index in [1.807, 2.05) is 25.1 Å². The Balaban J connectivity index is 2.03. The van der Waals surface area contributed by atoms with Crippen LogP contribution in [0.4, 0.5) is 5.69 Å². The van der Waals surface area contributed by atoms with Crippen molar-refractivity contribution >= 4 is 27.5 Å². The van der Waals surface area contributed by atoms with Crippen LogP contribution in [0.15, 0.2) is 46.9 Å². The second-order valence-electron chi connectivity index (χ2n) is 4.41. The summed E-state index contributed by atoms with van der Waals surface area (Å²) < 4.78 is 0.732. The minimum Gasteiger partial charge on any atom is -0.398 e. The van der Waals surface area contributed by atoms with Crippen LogP contribution < -0.4 is 11.1 Å². The summed E-state index contributed by atoms with van der Waals surface area (Å²) in [4.78, 5) is 12.0. The standard InChI is InChI=1S/C15H15BrN2O/c1-10-3-2-4-11(7-10)9-18-15(19)12-5-6-14(17)13(16)8-12/h2-8H,9,17H2,1H3,(H,18,19). The molecule has 0 unspecified atom stereocenters. The van der Waals surface area contributed by atoms with E-state index in [1.54, 1.807) is 18.2 Å². The van der Waals surface area contributed by atoms with E-state index in [1.165, 1.54) is 5.56 Å². The molecule has 0 aliphatic heterocycles. The number of anilines is 1. The Morgan fingerprint density at radius 2 is 2.05 bits per heavy atom. The van der Waals surface area contributed by atoms with Crippen LogP contribution in [0.3, 0.4) is 0 Å². The molecule has 3 N–H and O–H groups in total. The molecule has 1 amide bonds. The average Bonchev–Trinajstić information content (AvgIpc) is 2.39. The third-order valence-corrected chi connectivity index (χ3v) is 3.48. The minimum atomic E-state index is -0.109. The zero-order chi connectivity index (χ0) is 13.8. The SMILES string of the molecule is Cc1cccc(CNC(=O)c2ccc(N)c(Br)c2)c1. The molecule has 4 heteroatoms. The highest BCUT2D eigenvalue weighted by molar-refractivity contribution is 9.10. The molecule has 2 aromatic carbocycles. The summed E-state index contributed by atoms with van der Waals surface area (Å²) in [6.07, 6.45) is 0. The minimum absolute atomic E-state index is 0.109. The number of carbonyl (C=O) groups is 1. The molecule has 0 radical (unpaired) electrons. The van der Waals surface area contributed by atoms with Crippen molar-refractivity contribution in [2.75, 3.05) is 5.73 Å². The highest BCUT2D eigenvalue weighted by Crippen LogP contribution is 2.20. The van der Waals surface area contributed by atoms with Gasteiger partial charge in [0.1, 0.15) is 0 Å². The number of benzene rings is 2. The first kappa shape index (κ1) is 13.6. The number of rotatable bonds is 3. The molecule has 0 heterocycles. The van der Waals surface area contributed by atoms with E-state index in [9.17, 15) is 4.79 Å². The monoisotopic (exact) mass is 318 g/mol. The Hall–Kier alpha value is -1.81. The van der Waals surface area contributed by atoms with Crippen molar-refractivity contribution in [1.82, 2.24) is 5.32 Å². The van der Waals surface area contributed by atoms with Crippen molar-refractivity contribution in [3.8, 4) is 0 Å². The zero-order valence-corrected chi connectivity index (χ0v) is 12.2. The lowest BCUT2D eigenvalue weighted by atomic mass is 10.1. The number of nitrogens with one attached hydrogen (secondary N) is 1. The van der Waals surface area contributed by atoms with Crippen molar-refractivity contribution < 1.29 is 4.79 Å². The topological polar surface area (TPSA) is 55.1 Å². The van der Waals surface area contributed by atoms with Crippen LogP contribution in [0.25, 0.3) is 0 Å². The summed E-state index contributed by atoms with van der Waals surface area (Å²) in [5.41, 5.74) is 9.17. The molecule has 0 saturated heterocycles. The van der Waals surface area contributed by atoms with E-state index in [0.717, 1.165) is 10.0 Å². The van der Waals surface area contributed by atoms with Gasteiger partial charge in [0.05, 0.1) is 0 Å². The van der Waals surface area contributed by atoms with E-state index in [4.69, 9.17) is 5.73 Å². The van der Waals surface area contributed by atoms with Crippen molar-refractivity contribution in [1.29, 1.82) is 0 Å². The summed E-state index contributed by atoms with van der Waals surface area (Å²) >= 11 is 3.31. The smallest absolute Gasteiger partial charge is 0.251 e. The fourth-order valence-corrected chi connectivity index (χ4v) is 2.15. The predicted octanol–water partition coefficient (Wildman–Crippen LogP) is 3.27. The van der Waals surface area contributed by atoms with E-state index < -0.39 is 0 Å². The number of nitrogens with two attached hydrogens (primary N) is 1. The van der Waals surface area contributed by atoms with Crippen molar-refractivity contribution in [3.63, 3.8) is 0 Å². The Labute approximate surface area is 121 Å². The number of carbonyl (C=O) groups excluding carboxylic acids is 1. The molecule has 0 bridgehead atoms. The summed E-state index contributed by atoms with van der Waals surface area (Å²) in [7, 11) is 0. The van der Waals surface area contributed by atoms with E-state index in [2.05, 4.69) is 27.3 Å². The van der Waals surface area contributed by atoms with Gasteiger partial charge in [0.15, 0.2) is 0 Å². The molecule has 0 aliphatic rings. The maximum atomic E-state index is 12.0. The lowest BCUT2D eigenvalue weighted by molar-refractivity contribution is 0.0951. The number of hydrogen-bond donors (Lipinski definition) is 2. The second kappa shape index (κ2) is 5.89. The molecule has 3 nitrogen and oxygen atoms in total. The number of amides is 1. The summed E-state index contributed by atoms with van der Waals surface area (Å²) in [5, 5.41) is 2.89. The van der Waals surface area contributed by atoms with Gasteiger partial charge in [0, 0.05) is 22.3 Å². The molecule has 0 saturated carbocycles. The van der Waals surface area contributed by atoms with Crippen LogP contribution in [0.2, 0.25) is 0 Å². The molecule has 0 aliphatic carbocycles. The largest absolute Gasteiger partial charge is 0.398 e. The molecular formula is C15H15BrN2O. The molecule has 19 heavy (non-hydrogen) atoms. The maximum absolute atomic E-state index is 12.0. The molecule has 98 valence electrons. The fourth-order valence-electron chi connectivity index (χ4n) is 1.77. The van der Waals surface area contributed by atoms with Crippen LogP contribution in [0.1, 0.15) is 21.5 Å². The molecule has 0 aromatic heterocycles. The van der Waals surface area contributed by atoms with Crippen LogP contribution in [-0.4, -0.2) is 5.91 Å². The van der Waals surface area contributed by atoms with Gasteiger partial charge in [-0.2, -0.15) is 0 Å². The lowest BCUT2D eigenvalue weighted by Crippen LogP contribution is -2.22. The number of aryl methyl sites for hydroxylation is 1. The Morgan fingerprint density at radius 1 is 1.26 bits per heavy atom. The molecule has 2 rings (SSSR count). The molecule has 2 aromatic rings. The quantitative estimate of drug-likeness (QED) is 0.853. The summed E-state index contributed by atoms with van der Waals surface area (Å²) in [5.74, 6) is -0.109. The Morgan fingerprint density at radius 3 is 2.74 bits per heavy atom. The third-order valence-electron chi connectivity index (χ3n) is 2.80. The average molecular weight is 319 g/mol. The van der Waals surface area contributed by atoms with E-state index in [-0.39, 0.29) is 5.91 Å². The van der Waals surface area contributed by atoms with Crippen molar-refractivity contribution in [3.05, 3.63) is 63.6 Å². The van der Waals surface area contributed by atoms with E-state index in [0.29, 0.717) is 17.8 Å². The predicted molar refractivity (Wildman–Crippen MR) is 80.9 cm³/mol. The van der Waals surface area contributed by atoms with Gasteiger partial charge in [-0.1, -0.05) is 29.8 Å². The molecule has 0 fully saturated rings. The third kappa shape index (κ3) is 3.58. The van der Waals surface area contributed by atoms with Crippen molar-refractivity contribution in [2.24, 2.45) is 0 Å². The molecule has 0 spiro atoms. The van der Waals surface area contributed by atoms with Gasteiger partial charge in [0.2, 0.25) is 0 Å². The first-order chi connectivity index (χ1) is 9.06. The van der Waals surface area contributed by atoms with Gasteiger partial charge < -0.3 is 11.1 Å². The highest BCUT2D eigenvalue weighted by Gasteiger charge is 2.07. The van der Waals surface area contributed by atoms with Crippen LogP contribution >= 0.6 is 15.9 Å². The van der Waals surface area contributed by atoms with Gasteiger partial charge in [-0.15, -0.1) is 0 Å². The highest BCUT2D eigenvalue weighted by atomic mass is 79.9. The normalized spacial score (nSPS) is 10.2. The van der Waals surface area contributed by atoms with Crippen LogP contribution in [0.5, 0.6) is 0 Å². The first-order valence-corrected chi connectivity index (χ1v) is 6.74. The Kier molecular flexibility index (Phi) is 4.22. The van der Waals surface area contributed by atoms with Crippen molar-refractivity contribution in [2.45, 2.75) is 13.5 Å². The maximum Gasteiger partial charge on any atom is 0.251 e. The second-order valence-corrected chi connectivity index (χ2v) is 5.26. The van der Waals surface area contributed by atoms with Gasteiger partial charge in [-0.3, -0.25) is 4.79 Å². The Bertz CT molecular complexity index is 611. The lowest BCUT2D eigenvalue weighted by Gasteiger charge is -2.07. The number of halogens is 1. The fraction of sp³-hybridized carbons (Fsp3) is 0.133. The summed E-state index contributed by atoms with van der Waals surface area (Å²) in [6.45, 7) is 2.55. The number of nitrogen functional groups attached to an aromatic ring is 1. The van der Waals surface area contributed by atoms with Gasteiger partial charge in [-0.25, -0.2) is 0 Å². The molecule has 0 atom stereocenters. The van der Waals surface area contributed by atoms with Gasteiger partial charge in [-0.05, 0) is 46.6 Å². The van der Waals surface area contributed by atoms with Crippen LogP contribution in [0, 0.1) is 6.92 Å². The van der Waals surface area contributed by atoms with Gasteiger partial charge >= 0.3 is 0 Å². The molecular weight excluding hydrogens is 304 g/mol. The van der Waals surface area contributed by atoms with E-state index >= 15 is 0 Å². The summed E-state index contributed by atoms with van der Waals surface area (Å²) in [6, 6.07) is 13.2. The van der Waals surface area contributed by atoms with Crippen LogP contribution in [-0.2, 0) is 6.54 Å².